The standard InChI is InChI=1S/C18H26BrN/c1-12(2)15-5-3-4-6-17(15)20-18-10-7-13-11-14(19)8-9-16(13)18/h8-9,11-12,15,17-18,20H,3-7,10H2,1-2H3. The number of fused-ring (bicyclic) bond motifs is 1. The Morgan fingerprint density at radius 2 is 1.95 bits per heavy atom. The van der Waals surface area contributed by atoms with Crippen LogP contribution in [0.1, 0.15) is 63.1 Å². The highest BCUT2D eigenvalue weighted by atomic mass is 79.9. The number of nitrogens with one attached hydrogen (secondary N) is 1. The van der Waals surface area contributed by atoms with Gasteiger partial charge >= 0.3 is 0 Å². The van der Waals surface area contributed by atoms with Crippen LogP contribution in [0.3, 0.4) is 0 Å². The zero-order valence-electron chi connectivity index (χ0n) is 12.7. The monoisotopic (exact) mass is 335 g/mol. The van der Waals surface area contributed by atoms with Crippen LogP contribution in [0, 0.1) is 11.8 Å². The first-order chi connectivity index (χ1) is 9.65. The van der Waals surface area contributed by atoms with Gasteiger partial charge in [0.15, 0.2) is 0 Å². The summed E-state index contributed by atoms with van der Waals surface area (Å²) in [6.45, 7) is 4.79. The normalized spacial score (nSPS) is 29.7. The number of benzene rings is 1. The molecule has 1 saturated carbocycles. The van der Waals surface area contributed by atoms with Crippen molar-refractivity contribution in [2.45, 2.75) is 64.5 Å². The molecule has 1 fully saturated rings. The van der Waals surface area contributed by atoms with Gasteiger partial charge in [-0.2, -0.15) is 0 Å². The first-order valence-electron chi connectivity index (χ1n) is 8.19. The third-order valence-electron chi connectivity index (χ3n) is 5.27. The van der Waals surface area contributed by atoms with Crippen molar-refractivity contribution in [2.75, 3.05) is 0 Å². The summed E-state index contributed by atoms with van der Waals surface area (Å²) in [5.74, 6) is 1.67. The SMILES string of the molecule is CC(C)C1CCCCC1NC1CCc2cc(Br)ccc21. The van der Waals surface area contributed by atoms with E-state index in [1.54, 1.807) is 5.56 Å². The summed E-state index contributed by atoms with van der Waals surface area (Å²) >= 11 is 3.59. The first-order valence-corrected chi connectivity index (χ1v) is 8.99. The van der Waals surface area contributed by atoms with Gasteiger partial charge in [0.25, 0.3) is 0 Å². The van der Waals surface area contributed by atoms with Crippen LogP contribution < -0.4 is 5.32 Å². The molecule has 0 saturated heterocycles. The van der Waals surface area contributed by atoms with Gasteiger partial charge in [-0.05, 0) is 60.8 Å². The van der Waals surface area contributed by atoms with Crippen molar-refractivity contribution in [1.29, 1.82) is 0 Å². The van der Waals surface area contributed by atoms with Gasteiger partial charge in [-0.1, -0.05) is 48.7 Å². The fraction of sp³-hybridized carbons (Fsp3) is 0.667. The minimum atomic E-state index is 0.586. The average Bonchev–Trinajstić information content (AvgIpc) is 2.81. The summed E-state index contributed by atoms with van der Waals surface area (Å²) in [7, 11) is 0. The van der Waals surface area contributed by atoms with Gasteiger partial charge < -0.3 is 5.32 Å². The highest BCUT2D eigenvalue weighted by Crippen LogP contribution is 2.37. The lowest BCUT2D eigenvalue weighted by molar-refractivity contribution is 0.192. The Bertz CT molecular complexity index is 468. The third kappa shape index (κ3) is 2.96. The molecule has 2 heteroatoms. The van der Waals surface area contributed by atoms with Crippen molar-refractivity contribution in [3.8, 4) is 0 Å². The molecule has 20 heavy (non-hydrogen) atoms. The molecule has 1 aromatic carbocycles. The van der Waals surface area contributed by atoms with E-state index in [1.165, 1.54) is 48.6 Å². The quantitative estimate of drug-likeness (QED) is 0.796. The van der Waals surface area contributed by atoms with Gasteiger partial charge in [-0.3, -0.25) is 0 Å². The van der Waals surface area contributed by atoms with Gasteiger partial charge in [-0.25, -0.2) is 0 Å². The Labute approximate surface area is 131 Å². The van der Waals surface area contributed by atoms with Crippen LogP contribution in [0.5, 0.6) is 0 Å². The maximum Gasteiger partial charge on any atom is 0.0328 e. The Hall–Kier alpha value is -0.340. The van der Waals surface area contributed by atoms with E-state index in [2.05, 4.69) is 53.3 Å². The molecule has 3 unspecified atom stereocenters. The summed E-state index contributed by atoms with van der Waals surface area (Å²) in [5, 5.41) is 4.01. The van der Waals surface area contributed by atoms with Crippen LogP contribution in [0.25, 0.3) is 0 Å². The van der Waals surface area contributed by atoms with Crippen LogP contribution in [0.4, 0.5) is 0 Å². The average molecular weight is 336 g/mol. The van der Waals surface area contributed by atoms with Gasteiger partial charge in [0.1, 0.15) is 0 Å². The molecule has 0 spiro atoms. The second-order valence-corrected chi connectivity index (χ2v) is 7.82. The van der Waals surface area contributed by atoms with E-state index in [9.17, 15) is 0 Å². The van der Waals surface area contributed by atoms with E-state index in [4.69, 9.17) is 0 Å². The molecule has 0 bridgehead atoms. The summed E-state index contributed by atoms with van der Waals surface area (Å²) in [4.78, 5) is 0. The van der Waals surface area contributed by atoms with E-state index in [1.807, 2.05) is 0 Å². The topological polar surface area (TPSA) is 12.0 Å². The van der Waals surface area contributed by atoms with Crippen molar-refractivity contribution in [3.63, 3.8) is 0 Å². The lowest BCUT2D eigenvalue weighted by Crippen LogP contribution is -2.42. The van der Waals surface area contributed by atoms with E-state index >= 15 is 0 Å². The van der Waals surface area contributed by atoms with Crippen LogP contribution in [-0.2, 0) is 6.42 Å². The summed E-state index contributed by atoms with van der Waals surface area (Å²) in [6, 6.07) is 8.13. The zero-order valence-corrected chi connectivity index (χ0v) is 14.2. The molecule has 2 aliphatic rings. The van der Waals surface area contributed by atoms with Crippen LogP contribution in [0.2, 0.25) is 0 Å². The van der Waals surface area contributed by atoms with E-state index in [0.717, 1.165) is 17.9 Å². The minimum Gasteiger partial charge on any atom is -0.307 e. The predicted octanol–water partition coefficient (Wildman–Crippen LogP) is 5.24. The van der Waals surface area contributed by atoms with Gasteiger partial charge in [0, 0.05) is 16.6 Å². The Kier molecular flexibility index (Phi) is 4.52. The summed E-state index contributed by atoms with van der Waals surface area (Å²) in [5.41, 5.74) is 3.08. The summed E-state index contributed by atoms with van der Waals surface area (Å²) < 4.78 is 1.22. The zero-order chi connectivity index (χ0) is 14.1. The predicted molar refractivity (Wildman–Crippen MR) is 88.9 cm³/mol. The lowest BCUT2D eigenvalue weighted by atomic mass is 9.77. The van der Waals surface area contributed by atoms with Crippen molar-refractivity contribution >= 4 is 15.9 Å². The molecule has 0 radical (unpaired) electrons. The molecule has 0 amide bonds. The first kappa shape index (κ1) is 14.6. The number of rotatable bonds is 3. The minimum absolute atomic E-state index is 0.586. The molecule has 0 aromatic heterocycles. The van der Waals surface area contributed by atoms with Crippen molar-refractivity contribution in [1.82, 2.24) is 5.32 Å². The van der Waals surface area contributed by atoms with Gasteiger partial charge in [0.2, 0.25) is 0 Å². The third-order valence-corrected chi connectivity index (χ3v) is 5.77. The maximum atomic E-state index is 4.01. The molecule has 3 rings (SSSR count). The van der Waals surface area contributed by atoms with E-state index in [0.29, 0.717) is 6.04 Å². The molecule has 1 N–H and O–H groups in total. The van der Waals surface area contributed by atoms with E-state index < -0.39 is 0 Å². The Morgan fingerprint density at radius 3 is 2.75 bits per heavy atom. The molecule has 3 atom stereocenters. The van der Waals surface area contributed by atoms with Gasteiger partial charge in [0.05, 0.1) is 0 Å². The second-order valence-electron chi connectivity index (χ2n) is 6.90. The second kappa shape index (κ2) is 6.19. The number of aryl methyl sites for hydroxylation is 1. The number of halogens is 1. The smallest absolute Gasteiger partial charge is 0.0328 e. The molecule has 110 valence electrons. The largest absolute Gasteiger partial charge is 0.307 e. The van der Waals surface area contributed by atoms with Gasteiger partial charge in [-0.15, -0.1) is 0 Å². The molecule has 2 aliphatic carbocycles. The fourth-order valence-electron chi connectivity index (χ4n) is 4.18. The van der Waals surface area contributed by atoms with Crippen LogP contribution in [0.15, 0.2) is 22.7 Å². The highest BCUT2D eigenvalue weighted by Gasteiger charge is 2.31. The fourth-order valence-corrected chi connectivity index (χ4v) is 4.59. The molecule has 1 nitrogen and oxygen atoms in total. The number of hydrogen-bond donors (Lipinski definition) is 1. The molecule has 0 heterocycles. The molecular formula is C18H26BrN. The highest BCUT2D eigenvalue weighted by molar-refractivity contribution is 9.10. The van der Waals surface area contributed by atoms with Crippen molar-refractivity contribution in [2.24, 2.45) is 11.8 Å². The summed E-state index contributed by atoms with van der Waals surface area (Å²) in [6.07, 6.45) is 8.11. The lowest BCUT2D eigenvalue weighted by Gasteiger charge is -2.37. The van der Waals surface area contributed by atoms with Crippen molar-refractivity contribution < 1.29 is 0 Å². The molecule has 1 aromatic rings. The molecular weight excluding hydrogens is 310 g/mol. The van der Waals surface area contributed by atoms with Crippen molar-refractivity contribution in [3.05, 3.63) is 33.8 Å². The number of hydrogen-bond acceptors (Lipinski definition) is 1. The maximum absolute atomic E-state index is 4.01. The van der Waals surface area contributed by atoms with Crippen LogP contribution in [-0.4, -0.2) is 6.04 Å². The van der Waals surface area contributed by atoms with Crippen LogP contribution >= 0.6 is 15.9 Å². The Balaban J connectivity index is 1.72. The molecule has 0 aliphatic heterocycles. The van der Waals surface area contributed by atoms with E-state index in [-0.39, 0.29) is 0 Å². The Morgan fingerprint density at radius 1 is 1.15 bits per heavy atom.